The minimum absolute atomic E-state index is 0.0828. The lowest BCUT2D eigenvalue weighted by Gasteiger charge is -2.39. The van der Waals surface area contributed by atoms with Crippen LogP contribution in [0.5, 0.6) is 28.7 Å². The smallest absolute Gasteiger partial charge is 0.343 e. The zero-order valence-electron chi connectivity index (χ0n) is 22.3. The molecular formula is C26H32N2O9S. The lowest BCUT2D eigenvalue weighted by molar-refractivity contribution is 0.00854. The van der Waals surface area contributed by atoms with Crippen molar-refractivity contribution in [3.05, 3.63) is 34.4 Å². The Morgan fingerprint density at radius 2 is 1.71 bits per heavy atom. The molecule has 206 valence electrons. The van der Waals surface area contributed by atoms with Gasteiger partial charge in [0, 0.05) is 30.8 Å². The number of ether oxygens (including phenoxy) is 6. The number of hydrogen-bond donors (Lipinski definition) is 0. The highest BCUT2D eigenvalue weighted by Crippen LogP contribution is 2.58. The van der Waals surface area contributed by atoms with Gasteiger partial charge in [0.1, 0.15) is 16.6 Å². The van der Waals surface area contributed by atoms with Crippen molar-refractivity contribution in [1.82, 2.24) is 9.21 Å². The predicted octanol–water partition coefficient (Wildman–Crippen LogP) is 2.91. The van der Waals surface area contributed by atoms with E-state index in [-0.39, 0.29) is 28.8 Å². The number of fused-ring (bicyclic) bond motifs is 3. The summed E-state index contributed by atoms with van der Waals surface area (Å²) >= 11 is 0. The van der Waals surface area contributed by atoms with Crippen LogP contribution in [0.25, 0.3) is 0 Å². The second-order valence-electron chi connectivity index (χ2n) is 9.18. The maximum absolute atomic E-state index is 14.0. The molecule has 38 heavy (non-hydrogen) atoms. The third kappa shape index (κ3) is 3.69. The van der Waals surface area contributed by atoms with Gasteiger partial charge in [0.2, 0.25) is 22.6 Å². The lowest BCUT2D eigenvalue weighted by Crippen LogP contribution is -2.38. The Hall–Kier alpha value is -3.22. The van der Waals surface area contributed by atoms with E-state index in [1.165, 1.54) is 25.6 Å². The molecule has 2 aromatic rings. The molecule has 5 rings (SSSR count). The fourth-order valence-electron chi connectivity index (χ4n) is 5.76. The maximum Gasteiger partial charge on any atom is 0.343 e. The van der Waals surface area contributed by atoms with Crippen molar-refractivity contribution < 1.29 is 41.6 Å². The number of hydrogen-bond acceptors (Lipinski definition) is 10. The summed E-state index contributed by atoms with van der Waals surface area (Å²) in [5, 5.41) is 0. The van der Waals surface area contributed by atoms with Gasteiger partial charge in [-0.25, -0.2) is 13.2 Å². The molecule has 0 spiro atoms. The van der Waals surface area contributed by atoms with E-state index in [2.05, 4.69) is 0 Å². The van der Waals surface area contributed by atoms with Crippen molar-refractivity contribution in [3.8, 4) is 28.7 Å². The van der Waals surface area contributed by atoms with Gasteiger partial charge in [-0.15, -0.1) is 0 Å². The lowest BCUT2D eigenvalue weighted by atomic mass is 9.85. The largest absolute Gasteiger partial charge is 0.493 e. The molecule has 2 atom stereocenters. The van der Waals surface area contributed by atoms with Crippen LogP contribution >= 0.6 is 0 Å². The number of cyclic esters (lactones) is 1. The van der Waals surface area contributed by atoms with Crippen molar-refractivity contribution in [3.63, 3.8) is 0 Å². The fraction of sp³-hybridized carbons (Fsp3) is 0.500. The molecule has 0 aliphatic carbocycles. The topological polar surface area (TPSA) is 113 Å². The molecule has 0 saturated heterocycles. The second-order valence-corrected chi connectivity index (χ2v) is 11.1. The number of benzene rings is 2. The van der Waals surface area contributed by atoms with Crippen LogP contribution < -0.4 is 23.7 Å². The first-order chi connectivity index (χ1) is 18.2. The van der Waals surface area contributed by atoms with E-state index in [4.69, 9.17) is 28.4 Å². The van der Waals surface area contributed by atoms with E-state index >= 15 is 0 Å². The maximum atomic E-state index is 14.0. The quantitative estimate of drug-likeness (QED) is 0.456. The zero-order valence-corrected chi connectivity index (χ0v) is 23.1. The Morgan fingerprint density at radius 1 is 1.03 bits per heavy atom. The molecule has 3 heterocycles. The van der Waals surface area contributed by atoms with E-state index in [0.717, 1.165) is 0 Å². The van der Waals surface area contributed by atoms with Gasteiger partial charge >= 0.3 is 5.97 Å². The monoisotopic (exact) mass is 548 g/mol. The second kappa shape index (κ2) is 9.83. The predicted molar refractivity (Wildman–Crippen MR) is 136 cm³/mol. The van der Waals surface area contributed by atoms with Gasteiger partial charge in [-0.2, -0.15) is 4.31 Å². The van der Waals surface area contributed by atoms with Gasteiger partial charge in [-0.1, -0.05) is 19.9 Å². The molecule has 3 aliphatic rings. The number of likely N-dealkylation sites (N-methyl/N-ethyl adjacent to an activating group) is 1. The Labute approximate surface area is 222 Å². The Balaban J connectivity index is 1.78. The summed E-state index contributed by atoms with van der Waals surface area (Å²) in [4.78, 5) is 15.3. The molecule has 0 aromatic heterocycles. The van der Waals surface area contributed by atoms with Gasteiger partial charge < -0.3 is 28.4 Å². The van der Waals surface area contributed by atoms with Crippen LogP contribution in [0, 0.1) is 0 Å². The first-order valence-corrected chi connectivity index (χ1v) is 13.9. The Bertz CT molecular complexity index is 1390. The molecule has 2 aromatic carbocycles. The summed E-state index contributed by atoms with van der Waals surface area (Å²) in [6.45, 7) is 4.57. The van der Waals surface area contributed by atoms with E-state index in [0.29, 0.717) is 60.0 Å². The highest BCUT2D eigenvalue weighted by molar-refractivity contribution is 7.89. The number of rotatable bonds is 8. The highest BCUT2D eigenvalue weighted by atomic mass is 32.2. The van der Waals surface area contributed by atoms with Crippen molar-refractivity contribution in [2.24, 2.45) is 0 Å². The third-order valence-corrected chi connectivity index (χ3v) is 9.61. The van der Waals surface area contributed by atoms with Gasteiger partial charge in [0.05, 0.1) is 27.4 Å². The van der Waals surface area contributed by atoms with Crippen LogP contribution in [0.1, 0.15) is 53.0 Å². The first kappa shape index (κ1) is 26.4. The van der Waals surface area contributed by atoms with Gasteiger partial charge in [0.15, 0.2) is 23.0 Å². The average Bonchev–Trinajstić information content (AvgIpc) is 3.51. The van der Waals surface area contributed by atoms with Gasteiger partial charge in [-0.05, 0) is 25.1 Å². The van der Waals surface area contributed by atoms with Crippen LogP contribution in [0.15, 0.2) is 17.0 Å². The summed E-state index contributed by atoms with van der Waals surface area (Å²) in [6, 6.07) is 2.93. The molecule has 0 saturated carbocycles. The van der Waals surface area contributed by atoms with Crippen molar-refractivity contribution in [1.29, 1.82) is 0 Å². The summed E-state index contributed by atoms with van der Waals surface area (Å²) in [5.41, 5.74) is 2.07. The molecule has 0 N–H and O–H groups in total. The highest BCUT2D eigenvalue weighted by Gasteiger charge is 2.49. The number of methoxy groups -OCH3 is 3. The molecule has 0 fully saturated rings. The van der Waals surface area contributed by atoms with Gasteiger partial charge in [-0.3, -0.25) is 4.90 Å². The number of carbonyl (C=O) groups is 1. The van der Waals surface area contributed by atoms with Crippen LogP contribution in [0.3, 0.4) is 0 Å². The summed E-state index contributed by atoms with van der Waals surface area (Å²) in [7, 11) is 2.44. The molecule has 3 aliphatic heterocycles. The van der Waals surface area contributed by atoms with E-state index in [1.807, 2.05) is 11.9 Å². The number of esters is 1. The van der Waals surface area contributed by atoms with E-state index in [9.17, 15) is 13.2 Å². The molecule has 0 radical (unpaired) electrons. The standard InChI is InChI=1S/C26H32N2O9S/c1-7-28(8-2)38(30,31)25-15-11-12-27(3)19(17(15)22(34-6)23-24(25)36-13-35-23)20-14-9-10-16(32-4)21(33-5)18(14)26(29)37-20/h9-10,19-20H,7-8,11-13H2,1-6H3/t19-,20?/m1/s1. The van der Waals surface area contributed by atoms with Crippen molar-refractivity contribution in [2.45, 2.75) is 37.3 Å². The van der Waals surface area contributed by atoms with Crippen molar-refractivity contribution in [2.75, 3.05) is 54.8 Å². The first-order valence-electron chi connectivity index (χ1n) is 12.4. The SMILES string of the molecule is CCN(CC)S(=O)(=O)c1c2c(c(OC)c3c1OCO3)[C@H](C1OC(=O)c3c1ccc(OC)c3OC)N(C)CC2. The zero-order chi connectivity index (χ0) is 27.4. The number of nitrogens with zero attached hydrogens (tertiary/aromatic N) is 2. The molecule has 11 nitrogen and oxygen atoms in total. The summed E-state index contributed by atoms with van der Waals surface area (Å²) < 4.78 is 63.6. The van der Waals surface area contributed by atoms with Crippen LogP contribution in [-0.2, 0) is 21.2 Å². The number of sulfonamides is 1. The average molecular weight is 549 g/mol. The van der Waals surface area contributed by atoms with Crippen LogP contribution in [-0.4, -0.2) is 78.4 Å². The van der Waals surface area contributed by atoms with Gasteiger partial charge in [0.25, 0.3) is 0 Å². The van der Waals surface area contributed by atoms with Crippen LogP contribution in [0.4, 0.5) is 0 Å². The molecular weight excluding hydrogens is 516 g/mol. The third-order valence-electron chi connectivity index (χ3n) is 7.47. The number of carbonyl (C=O) groups excluding carboxylic acids is 1. The Morgan fingerprint density at radius 3 is 2.34 bits per heavy atom. The molecule has 0 amide bonds. The fourth-order valence-corrected chi connectivity index (χ4v) is 7.60. The molecule has 0 bridgehead atoms. The van der Waals surface area contributed by atoms with Crippen LogP contribution in [0.2, 0.25) is 0 Å². The minimum Gasteiger partial charge on any atom is -0.493 e. The van der Waals surface area contributed by atoms with Crippen molar-refractivity contribution >= 4 is 16.0 Å². The summed E-state index contributed by atoms with van der Waals surface area (Å²) in [5.74, 6) is 0.915. The molecule has 1 unspecified atom stereocenters. The Kier molecular flexibility index (Phi) is 6.82. The summed E-state index contributed by atoms with van der Waals surface area (Å²) in [6.07, 6.45) is -0.343. The molecule has 12 heteroatoms. The normalized spacial score (nSPS) is 20.2. The van der Waals surface area contributed by atoms with E-state index < -0.39 is 28.1 Å². The van der Waals surface area contributed by atoms with E-state index in [1.54, 1.807) is 26.0 Å². The minimum atomic E-state index is -3.94.